The molecule has 1 atom stereocenters. The Morgan fingerprint density at radius 2 is 1.32 bits per heavy atom. The number of ether oxygens (including phenoxy) is 1. The van der Waals surface area contributed by atoms with Gasteiger partial charge < -0.3 is 10.1 Å². The van der Waals surface area contributed by atoms with Gasteiger partial charge in [0.05, 0.1) is 0 Å². The number of allylic oxidation sites excluding steroid dienone is 7. The molecule has 0 saturated heterocycles. The molecule has 0 heterocycles. The van der Waals surface area contributed by atoms with Crippen molar-refractivity contribution in [3.63, 3.8) is 0 Å². The van der Waals surface area contributed by atoms with Crippen LogP contribution in [0.2, 0.25) is 0 Å². The summed E-state index contributed by atoms with van der Waals surface area (Å²) in [4.78, 5) is 11.7. The van der Waals surface area contributed by atoms with Crippen molar-refractivity contribution in [1.29, 1.82) is 0 Å². The number of carbonyl (C=O) groups is 1. The summed E-state index contributed by atoms with van der Waals surface area (Å²) < 4.78 is 5.23. The number of alkyl carbamates (subject to hydrolysis) is 1. The zero-order chi connectivity index (χ0) is 23.7. The lowest BCUT2D eigenvalue weighted by Gasteiger charge is -2.17. The summed E-state index contributed by atoms with van der Waals surface area (Å²) in [5.74, 6) is 0. The average molecular weight is 450 g/mol. The third-order valence-electron chi connectivity index (χ3n) is 5.07. The molecule has 0 fully saturated rings. The Balaban J connectivity index is 3.97. The van der Waals surface area contributed by atoms with Gasteiger partial charge in [0.2, 0.25) is 0 Å². The number of amides is 1. The lowest BCUT2D eigenvalue weighted by Crippen LogP contribution is -2.26. The fourth-order valence-corrected chi connectivity index (χ4v) is 3.24. The van der Waals surface area contributed by atoms with Gasteiger partial charge in [-0.1, -0.05) is 54.4 Å². The van der Waals surface area contributed by atoms with E-state index in [1.165, 1.54) is 22.3 Å². The van der Waals surface area contributed by atoms with Crippen LogP contribution >= 0.6 is 9.24 Å². The number of rotatable bonds is 15. The summed E-state index contributed by atoms with van der Waals surface area (Å²) in [6.45, 7) is 16.2. The van der Waals surface area contributed by atoms with Crippen molar-refractivity contribution in [3.05, 3.63) is 46.6 Å². The van der Waals surface area contributed by atoms with E-state index in [1.807, 2.05) is 6.08 Å². The van der Waals surface area contributed by atoms with Crippen LogP contribution in [-0.4, -0.2) is 24.4 Å². The van der Waals surface area contributed by atoms with E-state index in [9.17, 15) is 4.79 Å². The van der Waals surface area contributed by atoms with Crippen LogP contribution in [0.15, 0.2) is 46.6 Å². The van der Waals surface area contributed by atoms with Crippen molar-refractivity contribution < 1.29 is 9.53 Å². The number of carbonyl (C=O) groups excluding carboxylic acids is 1. The molecule has 0 aliphatic rings. The highest BCUT2D eigenvalue weighted by Crippen LogP contribution is 2.21. The largest absolute Gasteiger partial charge is 0.445 e. The fraction of sp³-hybridized carbons (Fsp3) is 0.667. The monoisotopic (exact) mass is 449 g/mol. The lowest BCUT2D eigenvalue weighted by atomic mass is 10.0. The maximum atomic E-state index is 11.7. The highest BCUT2D eigenvalue weighted by Gasteiger charge is 2.09. The molecule has 0 spiro atoms. The van der Waals surface area contributed by atoms with Crippen molar-refractivity contribution in [1.82, 2.24) is 5.32 Å². The van der Waals surface area contributed by atoms with Crippen molar-refractivity contribution in [2.24, 2.45) is 0 Å². The summed E-state index contributed by atoms with van der Waals surface area (Å²) in [5, 5.41) is 3.04. The van der Waals surface area contributed by atoms with Gasteiger partial charge in [-0.05, 0) is 97.2 Å². The molecule has 0 aromatic rings. The summed E-state index contributed by atoms with van der Waals surface area (Å²) in [7, 11) is 2.83. The molecule has 178 valence electrons. The van der Waals surface area contributed by atoms with E-state index in [0.717, 1.165) is 51.4 Å². The summed E-state index contributed by atoms with van der Waals surface area (Å²) >= 11 is 0. The Morgan fingerprint density at radius 1 is 0.839 bits per heavy atom. The van der Waals surface area contributed by atoms with E-state index in [1.54, 1.807) is 0 Å². The number of hydrogen-bond donors (Lipinski definition) is 1. The highest BCUT2D eigenvalue weighted by atomic mass is 31.0. The summed E-state index contributed by atoms with van der Waals surface area (Å²) in [6, 6.07) is 0. The predicted molar refractivity (Wildman–Crippen MR) is 141 cm³/mol. The number of hydrogen-bond acceptors (Lipinski definition) is 2. The minimum Gasteiger partial charge on any atom is -0.445 e. The molecule has 1 N–H and O–H groups in total. The fourth-order valence-electron chi connectivity index (χ4n) is 3.03. The molecule has 0 radical (unpaired) electrons. The van der Waals surface area contributed by atoms with Crippen LogP contribution in [0.25, 0.3) is 0 Å². The van der Waals surface area contributed by atoms with Gasteiger partial charge in [-0.3, -0.25) is 0 Å². The van der Waals surface area contributed by atoms with E-state index in [2.05, 4.69) is 81.3 Å². The summed E-state index contributed by atoms with van der Waals surface area (Å²) in [5.41, 5.74) is 5.60. The normalized spacial score (nSPS) is 13.2. The Hall–Kier alpha value is -1.34. The lowest BCUT2D eigenvalue weighted by molar-refractivity contribution is 0.158. The van der Waals surface area contributed by atoms with Gasteiger partial charge in [0.25, 0.3) is 0 Å². The van der Waals surface area contributed by atoms with Crippen molar-refractivity contribution >= 4 is 15.3 Å². The standard InChI is InChI=1S/C27H48NO2P/c1-22(2)12-8-13-23(3)14-9-15-24(4)16-10-17-25(5)18-21-30-26(29)28-20-11-19-27(6,7)31/h12,14,16,18H,8-11,13,15,17,19-21,31H2,1-7H3,(H,28,29)/b23-14+,24-16+,25-18+. The first-order valence-electron chi connectivity index (χ1n) is 11.8. The van der Waals surface area contributed by atoms with Crippen molar-refractivity contribution in [2.45, 2.75) is 105 Å². The van der Waals surface area contributed by atoms with Crippen LogP contribution in [-0.2, 0) is 4.74 Å². The average Bonchev–Trinajstić information content (AvgIpc) is 2.64. The van der Waals surface area contributed by atoms with E-state index in [-0.39, 0.29) is 11.2 Å². The molecule has 1 amide bonds. The van der Waals surface area contributed by atoms with Gasteiger partial charge in [0.1, 0.15) is 6.61 Å². The van der Waals surface area contributed by atoms with Gasteiger partial charge in [0.15, 0.2) is 0 Å². The maximum absolute atomic E-state index is 11.7. The molecule has 3 nitrogen and oxygen atoms in total. The molecule has 0 aromatic heterocycles. The van der Waals surface area contributed by atoms with Crippen LogP contribution in [0.3, 0.4) is 0 Å². The van der Waals surface area contributed by atoms with Gasteiger partial charge >= 0.3 is 6.09 Å². The zero-order valence-corrected chi connectivity index (χ0v) is 22.4. The molecular weight excluding hydrogens is 401 g/mol. The van der Waals surface area contributed by atoms with Crippen LogP contribution < -0.4 is 5.32 Å². The second kappa shape index (κ2) is 17.2. The molecule has 0 rings (SSSR count). The molecule has 0 aliphatic heterocycles. The van der Waals surface area contributed by atoms with Crippen LogP contribution in [0, 0.1) is 0 Å². The van der Waals surface area contributed by atoms with Crippen LogP contribution in [0.4, 0.5) is 4.79 Å². The highest BCUT2D eigenvalue weighted by molar-refractivity contribution is 7.18. The molecule has 31 heavy (non-hydrogen) atoms. The van der Waals surface area contributed by atoms with E-state index >= 15 is 0 Å². The minimum absolute atomic E-state index is 0.221. The Bertz CT molecular complexity index is 632. The Labute approximate surface area is 195 Å². The van der Waals surface area contributed by atoms with Gasteiger partial charge in [-0.25, -0.2) is 4.79 Å². The zero-order valence-electron chi connectivity index (χ0n) is 21.3. The quantitative estimate of drug-likeness (QED) is 0.155. The molecular formula is C27H48NO2P. The van der Waals surface area contributed by atoms with E-state index < -0.39 is 0 Å². The number of nitrogens with one attached hydrogen (secondary N) is 1. The second-order valence-electron chi connectivity index (χ2n) is 9.67. The van der Waals surface area contributed by atoms with Crippen molar-refractivity contribution in [2.75, 3.05) is 13.2 Å². The van der Waals surface area contributed by atoms with Crippen molar-refractivity contribution in [3.8, 4) is 0 Å². The maximum Gasteiger partial charge on any atom is 0.407 e. The minimum atomic E-state index is -0.328. The predicted octanol–water partition coefficient (Wildman–Crippen LogP) is 8.29. The smallest absolute Gasteiger partial charge is 0.407 e. The van der Waals surface area contributed by atoms with E-state index in [4.69, 9.17) is 4.74 Å². The molecule has 0 aliphatic carbocycles. The molecule has 0 saturated carbocycles. The Morgan fingerprint density at radius 3 is 1.81 bits per heavy atom. The third-order valence-corrected chi connectivity index (χ3v) is 5.36. The first kappa shape index (κ1) is 29.7. The molecule has 0 aromatic carbocycles. The second-order valence-corrected chi connectivity index (χ2v) is 11.2. The van der Waals surface area contributed by atoms with Crippen LogP contribution in [0.5, 0.6) is 0 Å². The molecule has 4 heteroatoms. The third kappa shape index (κ3) is 21.7. The van der Waals surface area contributed by atoms with Crippen LogP contribution in [0.1, 0.15) is 99.8 Å². The molecule has 1 unspecified atom stereocenters. The van der Waals surface area contributed by atoms with Gasteiger partial charge in [0, 0.05) is 6.54 Å². The van der Waals surface area contributed by atoms with Gasteiger partial charge in [-0.2, -0.15) is 0 Å². The SMILES string of the molecule is CC(C)=CCC/C(C)=C/CC/C(C)=C/CC/C(C)=C/COC(=O)NCCCC(C)(C)P. The first-order chi connectivity index (χ1) is 14.5. The Kier molecular flexibility index (Phi) is 16.5. The summed E-state index contributed by atoms with van der Waals surface area (Å²) in [6.07, 6.45) is 17.3. The first-order valence-corrected chi connectivity index (χ1v) is 12.4. The molecule has 0 bridgehead atoms. The van der Waals surface area contributed by atoms with Gasteiger partial charge in [-0.15, -0.1) is 9.24 Å². The van der Waals surface area contributed by atoms with E-state index in [0.29, 0.717) is 13.2 Å². The topological polar surface area (TPSA) is 38.3 Å².